The monoisotopic (exact) mass is 387 g/mol. The Labute approximate surface area is 150 Å². The second-order valence-electron chi connectivity index (χ2n) is 6.31. The average Bonchev–Trinajstić information content (AvgIpc) is 2.89. The minimum absolute atomic E-state index is 0.236. The van der Waals surface area contributed by atoms with E-state index in [1.165, 1.54) is 12.8 Å². The molecule has 0 aliphatic heterocycles. The molecule has 0 fully saturated rings. The van der Waals surface area contributed by atoms with Gasteiger partial charge in [0.15, 0.2) is 0 Å². The molecule has 0 saturated heterocycles. The van der Waals surface area contributed by atoms with Gasteiger partial charge in [-0.1, -0.05) is 54.8 Å². The Morgan fingerprint density at radius 3 is 2.83 bits per heavy atom. The maximum atomic E-state index is 12.7. The lowest BCUT2D eigenvalue weighted by Gasteiger charge is -2.10. The maximum Gasteiger partial charge on any atom is 0.340 e. The van der Waals surface area contributed by atoms with Crippen LogP contribution in [0, 0.1) is 5.92 Å². The number of carbonyl (C=O) groups is 1. The highest BCUT2D eigenvalue weighted by Gasteiger charge is 2.19. The molecule has 0 amide bonds. The first-order chi connectivity index (χ1) is 11.6. The summed E-state index contributed by atoms with van der Waals surface area (Å²) in [6.07, 6.45) is 5.22. The van der Waals surface area contributed by atoms with E-state index < -0.39 is 0 Å². The van der Waals surface area contributed by atoms with Gasteiger partial charge in [-0.25, -0.2) is 4.79 Å². The molecule has 126 valence electrons. The summed E-state index contributed by atoms with van der Waals surface area (Å²) in [5.41, 5.74) is 2.55. The molecule has 1 aromatic carbocycles. The molecule has 0 aliphatic carbocycles. The number of fused-ring (bicyclic) bond motifs is 3. The summed E-state index contributed by atoms with van der Waals surface area (Å²) >= 11 is 3.51. The summed E-state index contributed by atoms with van der Waals surface area (Å²) in [5, 5.41) is 0.927. The molecule has 3 rings (SSSR count). The number of nitrogens with zero attached hydrogens (tertiary/aromatic N) is 1. The van der Waals surface area contributed by atoms with Crippen molar-refractivity contribution in [2.45, 2.75) is 33.1 Å². The van der Waals surface area contributed by atoms with Gasteiger partial charge in [0.25, 0.3) is 0 Å². The molecule has 0 N–H and O–H groups in total. The van der Waals surface area contributed by atoms with Gasteiger partial charge in [-0.05, 0) is 36.6 Å². The molecule has 4 heteroatoms. The number of hydrogen-bond acceptors (Lipinski definition) is 2. The molecule has 24 heavy (non-hydrogen) atoms. The highest BCUT2D eigenvalue weighted by molar-refractivity contribution is 9.10. The van der Waals surface area contributed by atoms with Crippen LogP contribution in [0.4, 0.5) is 0 Å². The third-order valence-corrected chi connectivity index (χ3v) is 4.93. The predicted molar refractivity (Wildman–Crippen MR) is 102 cm³/mol. The molecule has 1 atom stereocenters. The van der Waals surface area contributed by atoms with Gasteiger partial charge in [0.2, 0.25) is 0 Å². The average molecular weight is 388 g/mol. The van der Waals surface area contributed by atoms with Gasteiger partial charge in [0, 0.05) is 16.1 Å². The Hall–Kier alpha value is -1.81. The lowest BCUT2D eigenvalue weighted by atomic mass is 10.0. The van der Waals surface area contributed by atoms with Gasteiger partial charge in [0.1, 0.15) is 0 Å². The Morgan fingerprint density at radius 1 is 1.21 bits per heavy atom. The smallest absolute Gasteiger partial charge is 0.340 e. The maximum absolute atomic E-state index is 12.7. The predicted octanol–water partition coefficient (Wildman–Crippen LogP) is 5.84. The van der Waals surface area contributed by atoms with E-state index in [9.17, 15) is 4.79 Å². The second kappa shape index (κ2) is 7.39. The van der Waals surface area contributed by atoms with Crippen molar-refractivity contribution in [2.24, 2.45) is 5.92 Å². The van der Waals surface area contributed by atoms with Crippen LogP contribution in [0.5, 0.6) is 0 Å². The van der Waals surface area contributed by atoms with Crippen LogP contribution in [0.25, 0.3) is 16.4 Å². The van der Waals surface area contributed by atoms with Crippen LogP contribution in [-0.4, -0.2) is 17.0 Å². The van der Waals surface area contributed by atoms with E-state index in [0.29, 0.717) is 18.1 Å². The number of rotatable bonds is 6. The lowest BCUT2D eigenvalue weighted by molar-refractivity contribution is 0.0488. The summed E-state index contributed by atoms with van der Waals surface area (Å²) in [6, 6.07) is 11.8. The van der Waals surface area contributed by atoms with Crippen molar-refractivity contribution in [1.29, 1.82) is 0 Å². The third-order valence-electron chi connectivity index (χ3n) is 4.43. The van der Waals surface area contributed by atoms with E-state index in [0.717, 1.165) is 27.3 Å². The third kappa shape index (κ3) is 3.34. The van der Waals surface area contributed by atoms with E-state index in [1.807, 2.05) is 47.0 Å². The fraction of sp³-hybridized carbons (Fsp3) is 0.350. The molecular weight excluding hydrogens is 366 g/mol. The zero-order valence-electron chi connectivity index (χ0n) is 14.1. The van der Waals surface area contributed by atoms with Crippen LogP contribution in [0.15, 0.2) is 47.1 Å². The van der Waals surface area contributed by atoms with Crippen LogP contribution in [0.1, 0.15) is 43.5 Å². The van der Waals surface area contributed by atoms with Gasteiger partial charge >= 0.3 is 5.97 Å². The number of halogens is 1. The van der Waals surface area contributed by atoms with Crippen molar-refractivity contribution in [2.75, 3.05) is 6.61 Å². The van der Waals surface area contributed by atoms with Gasteiger partial charge < -0.3 is 9.14 Å². The number of aromatic nitrogens is 1. The summed E-state index contributed by atoms with van der Waals surface area (Å²) < 4.78 is 8.62. The highest BCUT2D eigenvalue weighted by atomic mass is 79.9. The molecule has 0 radical (unpaired) electrons. The first kappa shape index (κ1) is 17.0. The SMILES string of the molecule is CCCC(C)CCOC(=O)c1c2ccc(Br)cc2n2ccccc12. The molecule has 1 unspecified atom stereocenters. The highest BCUT2D eigenvalue weighted by Crippen LogP contribution is 2.29. The van der Waals surface area contributed by atoms with Crippen molar-refractivity contribution >= 4 is 38.3 Å². The fourth-order valence-corrected chi connectivity index (χ4v) is 3.54. The first-order valence-corrected chi connectivity index (χ1v) is 9.26. The quantitative estimate of drug-likeness (QED) is 0.497. The van der Waals surface area contributed by atoms with Crippen LogP contribution < -0.4 is 0 Å². The largest absolute Gasteiger partial charge is 0.462 e. The number of esters is 1. The molecule has 0 spiro atoms. The molecule has 3 nitrogen and oxygen atoms in total. The molecule has 3 aromatic rings. The van der Waals surface area contributed by atoms with Crippen LogP contribution >= 0.6 is 15.9 Å². The van der Waals surface area contributed by atoms with Crippen LogP contribution in [-0.2, 0) is 4.74 Å². The molecule has 2 heterocycles. The van der Waals surface area contributed by atoms with Crippen molar-refractivity contribution < 1.29 is 9.53 Å². The Balaban J connectivity index is 1.91. The fourth-order valence-electron chi connectivity index (χ4n) is 3.19. The number of hydrogen-bond donors (Lipinski definition) is 0. The molecule has 0 saturated carbocycles. The van der Waals surface area contributed by atoms with Gasteiger partial charge in [-0.2, -0.15) is 0 Å². The van der Waals surface area contributed by atoms with E-state index in [4.69, 9.17) is 4.74 Å². The van der Waals surface area contributed by atoms with Gasteiger partial charge in [0.05, 0.1) is 23.2 Å². The number of pyridine rings is 1. The molecule has 0 aliphatic rings. The summed E-state index contributed by atoms with van der Waals surface area (Å²) in [5.74, 6) is 0.348. The first-order valence-electron chi connectivity index (χ1n) is 8.47. The lowest BCUT2D eigenvalue weighted by Crippen LogP contribution is -2.09. The number of carbonyl (C=O) groups excluding carboxylic acids is 1. The number of benzene rings is 1. The zero-order valence-corrected chi connectivity index (χ0v) is 15.7. The van der Waals surface area contributed by atoms with Crippen molar-refractivity contribution in [1.82, 2.24) is 4.40 Å². The molecule has 2 aromatic heterocycles. The van der Waals surface area contributed by atoms with E-state index in [1.54, 1.807) is 0 Å². The van der Waals surface area contributed by atoms with Crippen molar-refractivity contribution in [3.8, 4) is 0 Å². The molecular formula is C20H22BrNO2. The molecule has 0 bridgehead atoms. The minimum Gasteiger partial charge on any atom is -0.462 e. The van der Waals surface area contributed by atoms with Crippen molar-refractivity contribution in [3.05, 3.63) is 52.6 Å². The standard InChI is InChI=1S/C20H22BrNO2/c1-3-6-14(2)10-12-24-20(23)19-16-9-8-15(21)13-18(16)22-11-5-4-7-17(19)22/h4-5,7-9,11,13-14H,3,6,10,12H2,1-2H3. The van der Waals surface area contributed by atoms with E-state index in [-0.39, 0.29) is 5.97 Å². The Kier molecular flexibility index (Phi) is 5.24. The van der Waals surface area contributed by atoms with Gasteiger partial charge in [-0.15, -0.1) is 0 Å². The topological polar surface area (TPSA) is 30.7 Å². The number of ether oxygens (including phenoxy) is 1. The Morgan fingerprint density at radius 2 is 2.04 bits per heavy atom. The van der Waals surface area contributed by atoms with E-state index >= 15 is 0 Å². The second-order valence-corrected chi connectivity index (χ2v) is 7.23. The summed E-state index contributed by atoms with van der Waals surface area (Å²) in [7, 11) is 0. The summed E-state index contributed by atoms with van der Waals surface area (Å²) in [4.78, 5) is 12.7. The van der Waals surface area contributed by atoms with Crippen LogP contribution in [0.3, 0.4) is 0 Å². The van der Waals surface area contributed by atoms with Crippen molar-refractivity contribution in [3.63, 3.8) is 0 Å². The summed E-state index contributed by atoms with van der Waals surface area (Å²) in [6.45, 7) is 4.86. The van der Waals surface area contributed by atoms with Gasteiger partial charge in [-0.3, -0.25) is 0 Å². The van der Waals surface area contributed by atoms with Crippen LogP contribution in [0.2, 0.25) is 0 Å². The normalized spacial score (nSPS) is 12.6. The Bertz CT molecular complexity index is 869. The zero-order chi connectivity index (χ0) is 17.1. The minimum atomic E-state index is -0.236. The van der Waals surface area contributed by atoms with E-state index in [2.05, 4.69) is 29.8 Å².